The summed E-state index contributed by atoms with van der Waals surface area (Å²) in [5.41, 5.74) is 2.21. The van der Waals surface area contributed by atoms with E-state index in [9.17, 15) is 9.18 Å². The Morgan fingerprint density at radius 3 is 2.69 bits per heavy atom. The molecule has 0 bridgehead atoms. The van der Waals surface area contributed by atoms with Gasteiger partial charge in [0.2, 0.25) is 5.91 Å². The first-order valence-corrected chi connectivity index (χ1v) is 9.02. The van der Waals surface area contributed by atoms with Crippen molar-refractivity contribution in [3.05, 3.63) is 59.9 Å². The molecule has 0 aliphatic rings. The van der Waals surface area contributed by atoms with Crippen LogP contribution in [-0.2, 0) is 11.8 Å². The summed E-state index contributed by atoms with van der Waals surface area (Å²) in [7, 11) is 1.76. The number of carbonyl (C=O) groups excluding carboxylic acids is 1. The molecular weight excluding hydrogens is 351 g/mol. The second-order valence-electron chi connectivity index (χ2n) is 5.96. The third-order valence-corrected chi connectivity index (χ3v) is 5.02. The molecule has 0 aliphatic carbocycles. The van der Waals surface area contributed by atoms with E-state index in [4.69, 9.17) is 0 Å². The summed E-state index contributed by atoms with van der Waals surface area (Å²) in [4.78, 5) is 12.4. The third-order valence-electron chi connectivity index (χ3n) is 3.89. The van der Waals surface area contributed by atoms with Crippen LogP contribution in [0, 0.1) is 12.7 Å². The molecule has 1 aromatic heterocycles. The molecule has 0 aliphatic heterocycles. The molecule has 0 saturated heterocycles. The summed E-state index contributed by atoms with van der Waals surface area (Å²) in [5.74, 6) is -0.0577. The van der Waals surface area contributed by atoms with Crippen LogP contribution < -0.4 is 5.32 Å². The summed E-state index contributed by atoms with van der Waals surface area (Å²) in [6, 6.07) is 14.0. The van der Waals surface area contributed by atoms with E-state index in [-0.39, 0.29) is 17.0 Å². The SMILES string of the molecule is Cc1cccc(NC(=O)[C@H](C)Sc2nnc(-c3ccccc3F)n2C)c1. The minimum Gasteiger partial charge on any atom is -0.325 e. The summed E-state index contributed by atoms with van der Waals surface area (Å²) in [5, 5.41) is 11.2. The monoisotopic (exact) mass is 370 g/mol. The van der Waals surface area contributed by atoms with E-state index in [1.54, 1.807) is 36.7 Å². The average Bonchev–Trinajstić information content (AvgIpc) is 2.96. The van der Waals surface area contributed by atoms with Gasteiger partial charge in [0.1, 0.15) is 5.82 Å². The highest BCUT2D eigenvalue weighted by atomic mass is 32.2. The molecule has 26 heavy (non-hydrogen) atoms. The average molecular weight is 370 g/mol. The Morgan fingerprint density at radius 1 is 1.19 bits per heavy atom. The fourth-order valence-electron chi connectivity index (χ4n) is 2.47. The number of benzene rings is 2. The highest BCUT2D eigenvalue weighted by molar-refractivity contribution is 8.00. The first kappa shape index (κ1) is 18.1. The summed E-state index contributed by atoms with van der Waals surface area (Å²) in [6.07, 6.45) is 0. The van der Waals surface area contributed by atoms with Crippen LogP contribution in [-0.4, -0.2) is 25.9 Å². The summed E-state index contributed by atoms with van der Waals surface area (Å²) >= 11 is 1.28. The molecule has 0 radical (unpaired) electrons. The number of anilines is 1. The Morgan fingerprint density at radius 2 is 1.96 bits per heavy atom. The Hall–Kier alpha value is -2.67. The van der Waals surface area contributed by atoms with Gasteiger partial charge in [-0.1, -0.05) is 36.0 Å². The van der Waals surface area contributed by atoms with E-state index in [0.29, 0.717) is 16.5 Å². The van der Waals surface area contributed by atoms with Crippen molar-refractivity contribution >= 4 is 23.4 Å². The first-order chi connectivity index (χ1) is 12.5. The molecular formula is C19H19FN4OS. The quantitative estimate of drug-likeness (QED) is 0.689. The van der Waals surface area contributed by atoms with Gasteiger partial charge < -0.3 is 9.88 Å². The van der Waals surface area contributed by atoms with Gasteiger partial charge in [0.05, 0.1) is 10.8 Å². The Kier molecular flexibility index (Phi) is 5.37. The van der Waals surface area contributed by atoms with Crippen molar-refractivity contribution in [2.24, 2.45) is 7.05 Å². The smallest absolute Gasteiger partial charge is 0.237 e. The molecule has 0 spiro atoms. The fraction of sp³-hybridized carbons (Fsp3) is 0.211. The van der Waals surface area contributed by atoms with Gasteiger partial charge in [-0.3, -0.25) is 4.79 Å². The summed E-state index contributed by atoms with van der Waals surface area (Å²) in [6.45, 7) is 3.77. The molecule has 3 rings (SSSR count). The zero-order valence-electron chi connectivity index (χ0n) is 14.7. The number of halogens is 1. The lowest BCUT2D eigenvalue weighted by atomic mass is 10.2. The molecule has 0 unspecified atom stereocenters. The molecule has 3 aromatic rings. The highest BCUT2D eigenvalue weighted by Crippen LogP contribution is 2.27. The maximum atomic E-state index is 14.0. The number of hydrogen-bond donors (Lipinski definition) is 1. The van der Waals surface area contributed by atoms with E-state index in [1.807, 2.05) is 31.2 Å². The molecule has 1 N–H and O–H groups in total. The minimum atomic E-state index is -0.383. The van der Waals surface area contributed by atoms with Crippen LogP contribution >= 0.6 is 11.8 Å². The molecule has 1 heterocycles. The van der Waals surface area contributed by atoms with Crippen LogP contribution in [0.15, 0.2) is 53.7 Å². The van der Waals surface area contributed by atoms with Crippen LogP contribution in [0.5, 0.6) is 0 Å². The van der Waals surface area contributed by atoms with Gasteiger partial charge in [0.15, 0.2) is 11.0 Å². The number of aryl methyl sites for hydroxylation is 1. The number of aromatic nitrogens is 3. The van der Waals surface area contributed by atoms with Crippen LogP contribution in [0.2, 0.25) is 0 Å². The Labute approximate surface area is 155 Å². The predicted octanol–water partition coefficient (Wildman–Crippen LogP) is 4.05. The van der Waals surface area contributed by atoms with Crippen molar-refractivity contribution in [1.29, 1.82) is 0 Å². The van der Waals surface area contributed by atoms with Crippen molar-refractivity contribution in [2.75, 3.05) is 5.32 Å². The first-order valence-electron chi connectivity index (χ1n) is 8.14. The minimum absolute atomic E-state index is 0.129. The third kappa shape index (κ3) is 3.94. The van der Waals surface area contributed by atoms with Gasteiger partial charge in [0.25, 0.3) is 0 Å². The second-order valence-corrected chi connectivity index (χ2v) is 7.27. The van der Waals surface area contributed by atoms with Crippen molar-refractivity contribution in [1.82, 2.24) is 14.8 Å². The van der Waals surface area contributed by atoms with Crippen molar-refractivity contribution in [2.45, 2.75) is 24.3 Å². The molecule has 0 saturated carbocycles. The van der Waals surface area contributed by atoms with Gasteiger partial charge >= 0.3 is 0 Å². The fourth-order valence-corrected chi connectivity index (χ4v) is 3.29. The number of nitrogens with one attached hydrogen (secondary N) is 1. The highest BCUT2D eigenvalue weighted by Gasteiger charge is 2.20. The number of thioether (sulfide) groups is 1. The van der Waals surface area contributed by atoms with Crippen molar-refractivity contribution in [3.63, 3.8) is 0 Å². The second kappa shape index (κ2) is 7.70. The van der Waals surface area contributed by atoms with Gasteiger partial charge in [-0.05, 0) is 43.7 Å². The van der Waals surface area contributed by atoms with Crippen molar-refractivity contribution in [3.8, 4) is 11.4 Å². The van der Waals surface area contributed by atoms with Gasteiger partial charge in [-0.2, -0.15) is 0 Å². The molecule has 2 aromatic carbocycles. The molecule has 134 valence electrons. The van der Waals surface area contributed by atoms with E-state index in [1.165, 1.54) is 17.8 Å². The lowest BCUT2D eigenvalue weighted by molar-refractivity contribution is -0.115. The van der Waals surface area contributed by atoms with E-state index >= 15 is 0 Å². The molecule has 0 fully saturated rings. The van der Waals surface area contributed by atoms with Crippen molar-refractivity contribution < 1.29 is 9.18 Å². The topological polar surface area (TPSA) is 59.8 Å². The lowest BCUT2D eigenvalue weighted by Gasteiger charge is -2.12. The van der Waals surface area contributed by atoms with Gasteiger partial charge in [0, 0.05) is 12.7 Å². The molecule has 1 amide bonds. The summed E-state index contributed by atoms with van der Waals surface area (Å²) < 4.78 is 15.7. The molecule has 1 atom stereocenters. The molecule has 5 nitrogen and oxygen atoms in total. The van der Waals surface area contributed by atoms with Crippen LogP contribution in [0.25, 0.3) is 11.4 Å². The van der Waals surface area contributed by atoms with Crippen LogP contribution in [0.4, 0.5) is 10.1 Å². The largest absolute Gasteiger partial charge is 0.325 e. The number of hydrogen-bond acceptors (Lipinski definition) is 4. The van der Waals surface area contributed by atoms with E-state index in [0.717, 1.165) is 11.3 Å². The number of amides is 1. The van der Waals surface area contributed by atoms with Gasteiger partial charge in [-0.15, -0.1) is 10.2 Å². The maximum Gasteiger partial charge on any atom is 0.237 e. The standard InChI is InChI=1S/C19H19FN4OS/c1-12-7-6-8-14(11-12)21-18(25)13(2)26-19-23-22-17(24(19)3)15-9-4-5-10-16(15)20/h4-11,13H,1-3H3,(H,21,25)/t13-/m0/s1. The van der Waals surface area contributed by atoms with Crippen LogP contribution in [0.3, 0.4) is 0 Å². The van der Waals surface area contributed by atoms with Crippen LogP contribution in [0.1, 0.15) is 12.5 Å². The number of carbonyl (C=O) groups is 1. The Balaban J connectivity index is 1.73. The number of nitrogens with zero attached hydrogens (tertiary/aromatic N) is 3. The lowest BCUT2D eigenvalue weighted by Crippen LogP contribution is -2.22. The predicted molar refractivity (Wildman–Crippen MR) is 102 cm³/mol. The number of rotatable bonds is 5. The van der Waals surface area contributed by atoms with E-state index in [2.05, 4.69) is 15.5 Å². The zero-order valence-corrected chi connectivity index (χ0v) is 15.5. The maximum absolute atomic E-state index is 14.0. The normalized spacial score (nSPS) is 12.0. The van der Waals surface area contributed by atoms with E-state index < -0.39 is 0 Å². The Bertz CT molecular complexity index is 941. The zero-order chi connectivity index (χ0) is 18.7. The molecule has 7 heteroatoms. The van der Waals surface area contributed by atoms with Gasteiger partial charge in [-0.25, -0.2) is 4.39 Å².